The van der Waals surface area contributed by atoms with Gasteiger partial charge in [-0.3, -0.25) is 4.79 Å². The molecule has 1 aromatic heterocycles. The maximum Gasteiger partial charge on any atom is 0.315 e. The molecule has 23 heavy (non-hydrogen) atoms. The first-order chi connectivity index (χ1) is 11.0. The minimum Gasteiger partial charge on any atom is -0.338 e. The molecule has 0 aromatic carbocycles. The highest BCUT2D eigenvalue weighted by Crippen LogP contribution is 2.17. The Bertz CT molecular complexity index is 563. The number of urea groups is 1. The zero-order valence-electron chi connectivity index (χ0n) is 14.0. The largest absolute Gasteiger partial charge is 0.338 e. The van der Waals surface area contributed by atoms with Gasteiger partial charge in [-0.15, -0.1) is 0 Å². The van der Waals surface area contributed by atoms with Crippen LogP contribution < -0.4 is 10.6 Å². The van der Waals surface area contributed by atoms with Crippen LogP contribution in [0.5, 0.6) is 0 Å². The lowest BCUT2D eigenvalue weighted by Gasteiger charge is -2.35. The molecule has 0 bridgehead atoms. The Morgan fingerprint density at radius 2 is 2.22 bits per heavy atom. The maximum atomic E-state index is 12.4. The number of hydrogen-bond donors (Lipinski definition) is 2. The normalized spacial score (nSPS) is 19.1. The molecule has 0 saturated carbocycles. The topological polar surface area (TPSA) is 87.2 Å². The van der Waals surface area contributed by atoms with Crippen molar-refractivity contribution in [3.05, 3.63) is 23.8 Å². The van der Waals surface area contributed by atoms with Gasteiger partial charge in [0.15, 0.2) is 0 Å². The third-order valence-corrected chi connectivity index (χ3v) is 4.07. The Morgan fingerprint density at radius 1 is 1.43 bits per heavy atom. The number of piperidine rings is 1. The van der Waals surface area contributed by atoms with Crippen molar-refractivity contribution in [2.24, 2.45) is 0 Å². The van der Waals surface area contributed by atoms with E-state index >= 15 is 0 Å². The first-order valence-electron chi connectivity index (χ1n) is 8.10. The molecule has 1 aliphatic rings. The number of rotatable bonds is 4. The van der Waals surface area contributed by atoms with Crippen molar-refractivity contribution in [2.45, 2.75) is 58.7 Å². The summed E-state index contributed by atoms with van der Waals surface area (Å²) in [6.45, 7) is 6.65. The summed E-state index contributed by atoms with van der Waals surface area (Å²) in [6.07, 6.45) is 4.87. The molecular formula is C16H25N5O2. The van der Waals surface area contributed by atoms with E-state index in [1.807, 2.05) is 4.90 Å². The van der Waals surface area contributed by atoms with Gasteiger partial charge in [-0.1, -0.05) is 0 Å². The number of carbonyl (C=O) groups excluding carboxylic acids is 2. The molecule has 1 saturated heterocycles. The fourth-order valence-electron chi connectivity index (χ4n) is 2.76. The van der Waals surface area contributed by atoms with E-state index in [-0.39, 0.29) is 18.0 Å². The van der Waals surface area contributed by atoms with E-state index in [0.717, 1.165) is 31.5 Å². The summed E-state index contributed by atoms with van der Waals surface area (Å²) >= 11 is 0. The van der Waals surface area contributed by atoms with E-state index in [9.17, 15) is 9.59 Å². The van der Waals surface area contributed by atoms with Crippen molar-refractivity contribution in [1.82, 2.24) is 25.5 Å². The molecule has 1 aromatic rings. The van der Waals surface area contributed by atoms with Gasteiger partial charge in [0.25, 0.3) is 0 Å². The maximum absolute atomic E-state index is 12.4. The first kappa shape index (κ1) is 17.2. The molecule has 0 unspecified atom stereocenters. The van der Waals surface area contributed by atoms with Crippen molar-refractivity contribution in [3.8, 4) is 0 Å². The summed E-state index contributed by atoms with van der Waals surface area (Å²) in [6, 6.07) is 1.08. The fraction of sp³-hybridized carbons (Fsp3) is 0.625. The van der Waals surface area contributed by atoms with Crippen LogP contribution in [0, 0.1) is 6.92 Å². The highest BCUT2D eigenvalue weighted by molar-refractivity contribution is 5.86. The van der Waals surface area contributed by atoms with E-state index in [2.05, 4.69) is 27.5 Å². The van der Waals surface area contributed by atoms with E-state index in [1.165, 1.54) is 0 Å². The minimum absolute atomic E-state index is 0.0229. The van der Waals surface area contributed by atoms with Gasteiger partial charge in [0.1, 0.15) is 11.9 Å². The molecule has 7 nitrogen and oxygen atoms in total. The van der Waals surface area contributed by atoms with Gasteiger partial charge in [0, 0.05) is 18.8 Å². The molecule has 7 heteroatoms. The predicted octanol–water partition coefficient (Wildman–Crippen LogP) is 1.37. The van der Waals surface area contributed by atoms with Crippen molar-refractivity contribution >= 4 is 11.9 Å². The lowest BCUT2D eigenvalue weighted by atomic mass is 10.0. The van der Waals surface area contributed by atoms with Crippen LogP contribution in [-0.2, 0) is 11.3 Å². The fourth-order valence-corrected chi connectivity index (χ4v) is 2.76. The third-order valence-electron chi connectivity index (χ3n) is 4.07. The number of carbonyl (C=O) groups is 2. The van der Waals surface area contributed by atoms with Crippen molar-refractivity contribution in [2.75, 3.05) is 6.54 Å². The number of aryl methyl sites for hydroxylation is 1. The Hall–Kier alpha value is -2.18. The summed E-state index contributed by atoms with van der Waals surface area (Å²) in [7, 11) is 0. The summed E-state index contributed by atoms with van der Waals surface area (Å²) in [4.78, 5) is 34.5. The van der Waals surface area contributed by atoms with E-state index in [0.29, 0.717) is 12.4 Å². The lowest BCUT2D eigenvalue weighted by molar-refractivity contribution is -0.136. The van der Waals surface area contributed by atoms with Gasteiger partial charge in [0.05, 0.1) is 12.2 Å². The number of nitrogens with zero attached hydrogens (tertiary/aromatic N) is 3. The van der Waals surface area contributed by atoms with Crippen molar-refractivity contribution in [1.29, 1.82) is 0 Å². The van der Waals surface area contributed by atoms with Gasteiger partial charge in [-0.05, 0) is 46.1 Å². The molecular weight excluding hydrogens is 294 g/mol. The second-order valence-electron chi connectivity index (χ2n) is 6.02. The van der Waals surface area contributed by atoms with Crippen molar-refractivity contribution in [3.63, 3.8) is 0 Å². The number of likely N-dealkylation sites (tertiary alicyclic amines) is 1. The second kappa shape index (κ2) is 7.89. The smallest absolute Gasteiger partial charge is 0.315 e. The molecule has 2 rings (SSSR count). The van der Waals surface area contributed by atoms with Gasteiger partial charge in [-0.2, -0.15) is 0 Å². The van der Waals surface area contributed by atoms with Gasteiger partial charge < -0.3 is 15.5 Å². The summed E-state index contributed by atoms with van der Waals surface area (Å²) in [5.74, 6) is 0.637. The number of hydrogen-bond acceptors (Lipinski definition) is 4. The molecule has 126 valence electrons. The second-order valence-corrected chi connectivity index (χ2v) is 6.02. The van der Waals surface area contributed by atoms with Crippen LogP contribution in [0.1, 0.15) is 44.6 Å². The predicted molar refractivity (Wildman–Crippen MR) is 86.6 cm³/mol. The monoisotopic (exact) mass is 319 g/mol. The number of amides is 3. The van der Waals surface area contributed by atoms with Crippen LogP contribution >= 0.6 is 0 Å². The molecule has 1 aliphatic heterocycles. The summed E-state index contributed by atoms with van der Waals surface area (Å²) in [5.41, 5.74) is 0.733. The lowest BCUT2D eigenvalue weighted by Crippen LogP contribution is -2.53. The minimum atomic E-state index is -0.539. The quantitative estimate of drug-likeness (QED) is 0.877. The Labute approximate surface area is 136 Å². The Balaban J connectivity index is 1.80. The average Bonchev–Trinajstić information content (AvgIpc) is 2.53. The van der Waals surface area contributed by atoms with Crippen LogP contribution in [0.4, 0.5) is 4.79 Å². The standard InChI is InChI=1S/C16H25N5O2/c1-11-6-4-5-9-21(11)15(22)12(2)19-16(23)18-10-14-7-8-17-13(3)20-14/h7-8,11-12H,4-6,9-10H2,1-3H3,(H2,18,19,23)/t11-,12+/m0/s1. The number of nitrogens with one attached hydrogen (secondary N) is 2. The summed E-state index contributed by atoms with van der Waals surface area (Å²) < 4.78 is 0. The molecule has 2 heterocycles. The van der Waals surface area contributed by atoms with Crippen LogP contribution in [0.25, 0.3) is 0 Å². The highest BCUT2D eigenvalue weighted by atomic mass is 16.2. The number of aromatic nitrogens is 2. The van der Waals surface area contributed by atoms with Crippen LogP contribution in [-0.4, -0.2) is 45.4 Å². The highest BCUT2D eigenvalue weighted by Gasteiger charge is 2.27. The zero-order chi connectivity index (χ0) is 16.8. The summed E-state index contributed by atoms with van der Waals surface area (Å²) in [5, 5.41) is 5.41. The molecule has 2 N–H and O–H groups in total. The van der Waals surface area contributed by atoms with Gasteiger partial charge in [0.2, 0.25) is 5.91 Å². The molecule has 1 fully saturated rings. The zero-order valence-corrected chi connectivity index (χ0v) is 14.0. The molecule has 0 spiro atoms. The van der Waals surface area contributed by atoms with Crippen LogP contribution in [0.3, 0.4) is 0 Å². The average molecular weight is 319 g/mol. The van der Waals surface area contributed by atoms with Crippen molar-refractivity contribution < 1.29 is 9.59 Å². The first-order valence-corrected chi connectivity index (χ1v) is 8.10. The van der Waals surface area contributed by atoms with E-state index in [1.54, 1.807) is 26.1 Å². The van der Waals surface area contributed by atoms with Gasteiger partial charge >= 0.3 is 6.03 Å². The molecule has 3 amide bonds. The molecule has 0 aliphatic carbocycles. The third kappa shape index (κ3) is 4.91. The Kier molecular flexibility index (Phi) is 5.90. The van der Waals surface area contributed by atoms with Crippen LogP contribution in [0.2, 0.25) is 0 Å². The van der Waals surface area contributed by atoms with E-state index in [4.69, 9.17) is 0 Å². The van der Waals surface area contributed by atoms with E-state index < -0.39 is 6.04 Å². The Morgan fingerprint density at radius 3 is 2.91 bits per heavy atom. The van der Waals surface area contributed by atoms with Crippen LogP contribution in [0.15, 0.2) is 12.3 Å². The van der Waals surface area contributed by atoms with Gasteiger partial charge in [-0.25, -0.2) is 14.8 Å². The SMILES string of the molecule is Cc1nccc(CNC(=O)N[C@H](C)C(=O)N2CCCC[C@@H]2C)n1. The molecule has 2 atom stereocenters. The molecule has 0 radical (unpaired) electrons.